The normalized spacial score (nSPS) is 11.5. The molecule has 5 nitrogen and oxygen atoms in total. The number of benzene rings is 3. The van der Waals surface area contributed by atoms with Gasteiger partial charge in [-0.2, -0.15) is 9.78 Å². The Hall–Kier alpha value is -4.25. The van der Waals surface area contributed by atoms with E-state index in [1.165, 1.54) is 23.1 Å². The van der Waals surface area contributed by atoms with E-state index in [1.807, 2.05) is 48.5 Å². The maximum Gasteiger partial charge on any atom is 0.282 e. The highest BCUT2D eigenvalue weighted by molar-refractivity contribution is 5.83. The molecule has 0 radical (unpaired) electrons. The summed E-state index contributed by atoms with van der Waals surface area (Å²) in [6.45, 7) is 6.39. The lowest BCUT2D eigenvalue weighted by molar-refractivity contribution is 0.794. The zero-order chi connectivity index (χ0) is 25.1. The Labute approximate surface area is 211 Å². The van der Waals surface area contributed by atoms with E-state index in [0.717, 1.165) is 34.6 Å². The van der Waals surface area contributed by atoms with E-state index in [4.69, 9.17) is 4.98 Å². The van der Waals surface area contributed by atoms with Crippen LogP contribution >= 0.6 is 0 Å². The molecule has 0 unspecified atom stereocenters. The average Bonchev–Trinajstić information content (AvgIpc) is 3.20. The predicted octanol–water partition coefficient (Wildman–Crippen LogP) is 6.70. The summed E-state index contributed by atoms with van der Waals surface area (Å²) in [6.07, 6.45) is 5.27. The van der Waals surface area contributed by atoms with E-state index < -0.39 is 0 Å². The van der Waals surface area contributed by atoms with Gasteiger partial charge in [0.05, 0.1) is 17.1 Å². The molecule has 2 aromatic heterocycles. The number of hydrogen-bond donors (Lipinski definition) is 0. The Balaban J connectivity index is 1.56. The Bertz CT molecular complexity index is 1590. The van der Waals surface area contributed by atoms with Gasteiger partial charge in [-0.25, -0.2) is 4.98 Å². The van der Waals surface area contributed by atoms with Crippen LogP contribution < -0.4 is 5.56 Å². The molecule has 0 N–H and O–H groups in total. The summed E-state index contributed by atoms with van der Waals surface area (Å²) in [7, 11) is 0. The number of para-hydroxylation sites is 1. The molecular formula is C31H30N4O. The van der Waals surface area contributed by atoms with E-state index >= 15 is 0 Å². The van der Waals surface area contributed by atoms with Crippen molar-refractivity contribution in [3.63, 3.8) is 0 Å². The highest BCUT2D eigenvalue weighted by Crippen LogP contribution is 2.22. The molecule has 0 bridgehead atoms. The summed E-state index contributed by atoms with van der Waals surface area (Å²) in [5.41, 5.74) is 6.94. The fourth-order valence-corrected chi connectivity index (χ4v) is 4.63. The van der Waals surface area contributed by atoms with Gasteiger partial charge in [-0.1, -0.05) is 67.9 Å². The molecule has 3 aromatic carbocycles. The lowest BCUT2D eigenvalue weighted by Crippen LogP contribution is -2.20. The Morgan fingerprint density at radius 2 is 1.64 bits per heavy atom. The number of hydrogen-bond acceptors (Lipinski definition) is 3. The maximum absolute atomic E-state index is 13.4. The molecule has 5 rings (SSSR count). The quantitative estimate of drug-likeness (QED) is 0.247. The minimum atomic E-state index is -0.188. The molecule has 0 aliphatic rings. The van der Waals surface area contributed by atoms with Crippen LogP contribution in [0.3, 0.4) is 0 Å². The molecule has 0 spiro atoms. The van der Waals surface area contributed by atoms with Crippen molar-refractivity contribution in [2.24, 2.45) is 5.10 Å². The first-order valence-corrected chi connectivity index (χ1v) is 12.5. The number of aryl methyl sites for hydroxylation is 2. The van der Waals surface area contributed by atoms with Crippen molar-refractivity contribution in [1.29, 1.82) is 0 Å². The molecule has 0 atom stereocenters. The smallest absolute Gasteiger partial charge is 0.282 e. The van der Waals surface area contributed by atoms with Crippen LogP contribution in [-0.2, 0) is 6.42 Å². The zero-order valence-electron chi connectivity index (χ0n) is 21.0. The van der Waals surface area contributed by atoms with E-state index in [-0.39, 0.29) is 5.56 Å². The fourth-order valence-electron chi connectivity index (χ4n) is 4.63. The lowest BCUT2D eigenvalue weighted by Gasteiger charge is -2.11. The van der Waals surface area contributed by atoms with Gasteiger partial charge in [0.2, 0.25) is 0 Å². The summed E-state index contributed by atoms with van der Waals surface area (Å²) in [6, 6.07) is 28.0. The summed E-state index contributed by atoms with van der Waals surface area (Å²) in [4.78, 5) is 18.2. The number of unbranched alkanes of at least 4 members (excludes halogenated alkanes) is 1. The van der Waals surface area contributed by atoms with Crippen molar-refractivity contribution >= 4 is 17.1 Å². The molecule has 180 valence electrons. The molecule has 36 heavy (non-hydrogen) atoms. The number of nitrogens with zero attached hydrogens (tertiary/aromatic N) is 4. The molecule has 0 aliphatic heterocycles. The second kappa shape index (κ2) is 10.2. The van der Waals surface area contributed by atoms with Crippen molar-refractivity contribution in [2.75, 3.05) is 0 Å². The van der Waals surface area contributed by atoms with Crippen molar-refractivity contribution in [3.8, 4) is 17.1 Å². The molecule has 0 aliphatic carbocycles. The fraction of sp³-hybridized carbons (Fsp3) is 0.194. The third-order valence-electron chi connectivity index (χ3n) is 6.58. The molecule has 0 fully saturated rings. The van der Waals surface area contributed by atoms with Crippen LogP contribution in [0.1, 0.15) is 42.3 Å². The average molecular weight is 475 g/mol. The zero-order valence-corrected chi connectivity index (χ0v) is 21.0. The topological polar surface area (TPSA) is 52.2 Å². The summed E-state index contributed by atoms with van der Waals surface area (Å²) in [5, 5.41) is 5.21. The number of fused-ring (bicyclic) bond motifs is 1. The van der Waals surface area contributed by atoms with Crippen molar-refractivity contribution in [1.82, 2.24) is 14.2 Å². The minimum Gasteiger partial charge on any atom is -0.318 e. The monoisotopic (exact) mass is 474 g/mol. The minimum absolute atomic E-state index is 0.188. The van der Waals surface area contributed by atoms with E-state index in [0.29, 0.717) is 16.7 Å². The second-order valence-electron chi connectivity index (χ2n) is 9.11. The molecule has 0 amide bonds. The van der Waals surface area contributed by atoms with Gasteiger partial charge in [-0.05, 0) is 62.6 Å². The summed E-state index contributed by atoms with van der Waals surface area (Å²) < 4.78 is 3.64. The number of rotatable bonds is 7. The van der Waals surface area contributed by atoms with Crippen LogP contribution in [0.2, 0.25) is 0 Å². The van der Waals surface area contributed by atoms with Crippen LogP contribution in [0.25, 0.3) is 28.0 Å². The van der Waals surface area contributed by atoms with E-state index in [9.17, 15) is 4.79 Å². The summed E-state index contributed by atoms with van der Waals surface area (Å²) in [5.74, 6) is 0.520. The van der Waals surface area contributed by atoms with Gasteiger partial charge in [-0.15, -0.1) is 0 Å². The van der Waals surface area contributed by atoms with Gasteiger partial charge in [-0.3, -0.25) is 4.79 Å². The van der Waals surface area contributed by atoms with E-state index in [1.54, 1.807) is 12.3 Å². The Morgan fingerprint density at radius 3 is 2.39 bits per heavy atom. The maximum atomic E-state index is 13.4. The molecule has 5 heteroatoms. The lowest BCUT2D eigenvalue weighted by atomic mass is 10.1. The highest BCUT2D eigenvalue weighted by atomic mass is 16.1. The standard InChI is InChI=1S/C31H30N4O/c1-4-5-11-24-16-18-27(19-17-24)34-22(2)20-26(23(34)3)21-32-35-30(25-12-7-6-8-13-25)33-29-15-10-9-14-28(29)31(35)36/h6-10,12-21H,4-5,11H2,1-3H3. The molecule has 0 saturated heterocycles. The SMILES string of the molecule is CCCCc1ccc(-n2c(C)cc(C=Nn3c(-c4ccccc4)nc4ccccc4c3=O)c2C)cc1. The van der Waals surface area contributed by atoms with Gasteiger partial charge < -0.3 is 4.57 Å². The van der Waals surface area contributed by atoms with Gasteiger partial charge in [0, 0.05) is 28.2 Å². The third kappa shape index (κ3) is 4.52. The Kier molecular flexibility index (Phi) is 6.63. The Morgan fingerprint density at radius 1 is 0.917 bits per heavy atom. The summed E-state index contributed by atoms with van der Waals surface area (Å²) >= 11 is 0. The third-order valence-corrected chi connectivity index (χ3v) is 6.58. The van der Waals surface area contributed by atoms with Crippen molar-refractivity contribution < 1.29 is 0 Å². The van der Waals surface area contributed by atoms with Crippen molar-refractivity contribution in [3.05, 3.63) is 118 Å². The van der Waals surface area contributed by atoms with Crippen LogP contribution in [0.4, 0.5) is 0 Å². The van der Waals surface area contributed by atoms with Crippen LogP contribution in [0.5, 0.6) is 0 Å². The molecule has 2 heterocycles. The van der Waals surface area contributed by atoms with Crippen molar-refractivity contribution in [2.45, 2.75) is 40.0 Å². The second-order valence-corrected chi connectivity index (χ2v) is 9.11. The first-order chi connectivity index (χ1) is 17.6. The first kappa shape index (κ1) is 23.5. The van der Waals surface area contributed by atoms with Gasteiger partial charge in [0.1, 0.15) is 0 Å². The van der Waals surface area contributed by atoms with Gasteiger partial charge in [0.25, 0.3) is 5.56 Å². The van der Waals surface area contributed by atoms with Gasteiger partial charge >= 0.3 is 0 Å². The predicted molar refractivity (Wildman–Crippen MR) is 148 cm³/mol. The van der Waals surface area contributed by atoms with Crippen LogP contribution in [-0.4, -0.2) is 20.4 Å². The number of aromatic nitrogens is 3. The highest BCUT2D eigenvalue weighted by Gasteiger charge is 2.13. The largest absolute Gasteiger partial charge is 0.318 e. The first-order valence-electron chi connectivity index (χ1n) is 12.5. The molecule has 0 saturated carbocycles. The molecule has 5 aromatic rings. The van der Waals surface area contributed by atoms with Crippen LogP contribution in [0, 0.1) is 13.8 Å². The van der Waals surface area contributed by atoms with Crippen LogP contribution in [0.15, 0.2) is 94.8 Å². The van der Waals surface area contributed by atoms with E-state index in [2.05, 4.69) is 60.8 Å². The van der Waals surface area contributed by atoms with Gasteiger partial charge in [0.15, 0.2) is 5.82 Å². The molecular weight excluding hydrogens is 444 g/mol.